The number of carbonyl (C=O) groups excluding carboxylic acids is 1. The van der Waals surface area contributed by atoms with Gasteiger partial charge in [0, 0.05) is 47.4 Å². The first-order valence-electron chi connectivity index (χ1n) is 12.6. The summed E-state index contributed by atoms with van der Waals surface area (Å²) in [5.41, 5.74) is 3.50. The molecule has 0 amide bonds. The molecule has 41 heavy (non-hydrogen) atoms. The average molecular weight is 601 g/mol. The number of rotatable bonds is 10. The van der Waals surface area contributed by atoms with Crippen LogP contribution in [0.1, 0.15) is 46.4 Å². The van der Waals surface area contributed by atoms with E-state index in [9.17, 15) is 22.8 Å². The van der Waals surface area contributed by atoms with Gasteiger partial charge in [0.25, 0.3) is 0 Å². The maximum absolute atomic E-state index is 13.7. The summed E-state index contributed by atoms with van der Waals surface area (Å²) in [7, 11) is 0. The minimum absolute atomic E-state index is 0.00977. The zero-order chi connectivity index (χ0) is 29.7. The highest BCUT2D eigenvalue weighted by Gasteiger charge is 2.32. The van der Waals surface area contributed by atoms with Crippen LogP contribution in [-0.4, -0.2) is 21.8 Å². The second-order valence-electron chi connectivity index (χ2n) is 9.47. The fourth-order valence-corrected chi connectivity index (χ4v) is 4.81. The number of hydrogen-bond donors (Lipinski definition) is 2. The highest BCUT2D eigenvalue weighted by molar-refractivity contribution is 6.33. The largest absolute Gasteiger partial charge is 0.481 e. The van der Waals surface area contributed by atoms with Crippen molar-refractivity contribution in [1.82, 2.24) is 4.98 Å². The molecule has 1 heterocycles. The van der Waals surface area contributed by atoms with Crippen molar-refractivity contribution in [3.05, 3.63) is 105 Å². The standard InChI is InChI=1S/C31H25Cl2F3N2O3/c1-18-13-21(31(34,35)36)14-25(20-7-12-28(38-16-20)29(39)3-2-4-30(40)41)26(18)17-37-23-10-11-24(27(33)15-23)19-5-8-22(32)9-6-19/h5-16,37H,2-4,17H2,1H3,(H,40,41). The molecule has 0 radical (unpaired) electrons. The Morgan fingerprint density at radius 1 is 0.902 bits per heavy atom. The van der Waals surface area contributed by atoms with Crippen LogP contribution in [0.2, 0.25) is 10.0 Å². The predicted octanol–water partition coefficient (Wildman–Crippen LogP) is 9.10. The van der Waals surface area contributed by atoms with Gasteiger partial charge in [-0.05, 0) is 78.1 Å². The van der Waals surface area contributed by atoms with Gasteiger partial charge in [-0.25, -0.2) is 0 Å². The molecule has 0 aliphatic rings. The number of alkyl halides is 3. The van der Waals surface area contributed by atoms with Gasteiger partial charge in [-0.15, -0.1) is 0 Å². The molecule has 0 saturated heterocycles. The number of halogens is 5. The Morgan fingerprint density at radius 3 is 2.22 bits per heavy atom. The Bertz CT molecular complexity index is 1570. The summed E-state index contributed by atoms with van der Waals surface area (Å²) in [5, 5.41) is 13.1. The van der Waals surface area contributed by atoms with Gasteiger partial charge in [0.05, 0.1) is 10.6 Å². The van der Waals surface area contributed by atoms with Crippen molar-refractivity contribution >= 4 is 40.6 Å². The normalized spacial score (nSPS) is 11.4. The van der Waals surface area contributed by atoms with Gasteiger partial charge in [0.1, 0.15) is 5.69 Å². The van der Waals surface area contributed by atoms with Crippen LogP contribution in [0, 0.1) is 6.92 Å². The number of ketones is 1. The Labute approximate surface area is 245 Å². The van der Waals surface area contributed by atoms with Crippen molar-refractivity contribution < 1.29 is 27.9 Å². The SMILES string of the molecule is Cc1cc(C(F)(F)F)cc(-c2ccc(C(=O)CCCC(=O)O)nc2)c1CNc1ccc(-c2ccc(Cl)cc2)c(Cl)c1. The molecule has 0 aliphatic carbocycles. The number of pyridine rings is 1. The summed E-state index contributed by atoms with van der Waals surface area (Å²) < 4.78 is 41.1. The lowest BCUT2D eigenvalue weighted by molar-refractivity contribution is -0.138. The van der Waals surface area contributed by atoms with Crippen LogP contribution in [-0.2, 0) is 17.5 Å². The molecule has 0 spiro atoms. The van der Waals surface area contributed by atoms with Gasteiger partial charge >= 0.3 is 12.1 Å². The van der Waals surface area contributed by atoms with Crippen molar-refractivity contribution in [1.29, 1.82) is 0 Å². The van der Waals surface area contributed by atoms with E-state index in [1.807, 2.05) is 24.3 Å². The zero-order valence-corrected chi connectivity index (χ0v) is 23.4. The lowest BCUT2D eigenvalue weighted by Gasteiger charge is -2.18. The number of benzene rings is 3. The van der Waals surface area contributed by atoms with E-state index >= 15 is 0 Å². The van der Waals surface area contributed by atoms with E-state index in [4.69, 9.17) is 28.3 Å². The molecule has 3 aromatic carbocycles. The Balaban J connectivity index is 1.60. The maximum atomic E-state index is 13.7. The molecule has 0 saturated carbocycles. The molecule has 0 unspecified atom stereocenters. The topological polar surface area (TPSA) is 79.3 Å². The fraction of sp³-hybridized carbons (Fsp3) is 0.194. The smallest absolute Gasteiger partial charge is 0.416 e. The molecule has 2 N–H and O–H groups in total. The van der Waals surface area contributed by atoms with Crippen molar-refractivity contribution in [2.24, 2.45) is 0 Å². The average Bonchev–Trinajstić information content (AvgIpc) is 2.92. The summed E-state index contributed by atoms with van der Waals surface area (Å²) in [6, 6.07) is 17.9. The van der Waals surface area contributed by atoms with E-state index < -0.39 is 17.7 Å². The number of aromatic nitrogens is 1. The Hall–Kier alpha value is -3.88. The van der Waals surface area contributed by atoms with Crippen LogP contribution in [0.3, 0.4) is 0 Å². The van der Waals surface area contributed by atoms with Gasteiger partial charge < -0.3 is 10.4 Å². The van der Waals surface area contributed by atoms with Gasteiger partial charge in [-0.3, -0.25) is 14.6 Å². The first kappa shape index (κ1) is 30.1. The monoisotopic (exact) mass is 600 g/mol. The minimum atomic E-state index is -4.55. The summed E-state index contributed by atoms with van der Waals surface area (Å²) >= 11 is 12.5. The van der Waals surface area contributed by atoms with Crippen molar-refractivity contribution in [3.63, 3.8) is 0 Å². The van der Waals surface area contributed by atoms with Crippen LogP contribution in [0.5, 0.6) is 0 Å². The molecule has 212 valence electrons. The van der Waals surface area contributed by atoms with E-state index in [0.717, 1.165) is 23.3 Å². The molecule has 0 aliphatic heterocycles. The van der Waals surface area contributed by atoms with E-state index in [2.05, 4.69) is 10.3 Å². The lowest BCUT2D eigenvalue weighted by Crippen LogP contribution is -2.10. The first-order valence-corrected chi connectivity index (χ1v) is 13.4. The fourth-order valence-electron chi connectivity index (χ4n) is 4.40. The first-order chi connectivity index (χ1) is 19.4. The predicted molar refractivity (Wildman–Crippen MR) is 154 cm³/mol. The molecule has 0 fully saturated rings. The number of anilines is 1. The van der Waals surface area contributed by atoms with E-state index in [-0.39, 0.29) is 37.3 Å². The molecule has 4 rings (SSSR count). The van der Waals surface area contributed by atoms with Gasteiger partial charge in [-0.2, -0.15) is 13.2 Å². The van der Waals surface area contributed by atoms with Gasteiger partial charge in [0.15, 0.2) is 5.78 Å². The summed E-state index contributed by atoms with van der Waals surface area (Å²) in [6.07, 6.45) is -3.15. The molecule has 0 atom stereocenters. The second kappa shape index (κ2) is 12.7. The van der Waals surface area contributed by atoms with Crippen LogP contribution >= 0.6 is 23.2 Å². The van der Waals surface area contributed by atoms with E-state index in [0.29, 0.717) is 38.0 Å². The quantitative estimate of drug-likeness (QED) is 0.177. The second-order valence-corrected chi connectivity index (χ2v) is 10.3. The molecule has 10 heteroatoms. The summed E-state index contributed by atoms with van der Waals surface area (Å²) in [4.78, 5) is 27.2. The van der Waals surface area contributed by atoms with Crippen LogP contribution < -0.4 is 5.32 Å². The maximum Gasteiger partial charge on any atom is 0.416 e. The number of aryl methyl sites for hydroxylation is 1. The number of Topliss-reactive ketones (excluding diaryl/α,β-unsaturated/α-hetero) is 1. The highest BCUT2D eigenvalue weighted by atomic mass is 35.5. The summed E-state index contributed by atoms with van der Waals surface area (Å²) in [6.45, 7) is 1.81. The third kappa shape index (κ3) is 7.65. The summed E-state index contributed by atoms with van der Waals surface area (Å²) in [5.74, 6) is -1.33. The van der Waals surface area contributed by atoms with Crippen LogP contribution in [0.25, 0.3) is 22.3 Å². The molecule has 0 bridgehead atoms. The van der Waals surface area contributed by atoms with E-state index in [1.54, 1.807) is 31.2 Å². The third-order valence-electron chi connectivity index (χ3n) is 6.55. The zero-order valence-electron chi connectivity index (χ0n) is 21.9. The minimum Gasteiger partial charge on any atom is -0.481 e. The van der Waals surface area contributed by atoms with Crippen LogP contribution in [0.4, 0.5) is 18.9 Å². The highest BCUT2D eigenvalue weighted by Crippen LogP contribution is 2.37. The molecule has 1 aromatic heterocycles. The van der Waals surface area contributed by atoms with Gasteiger partial charge in [0.2, 0.25) is 0 Å². The Kier molecular flexibility index (Phi) is 9.35. The van der Waals surface area contributed by atoms with Crippen molar-refractivity contribution in [2.45, 2.75) is 38.9 Å². The molecule has 5 nitrogen and oxygen atoms in total. The Morgan fingerprint density at radius 2 is 1.61 bits per heavy atom. The number of carboxylic acids is 1. The van der Waals surface area contributed by atoms with Crippen molar-refractivity contribution in [3.8, 4) is 22.3 Å². The van der Waals surface area contributed by atoms with Crippen molar-refractivity contribution in [2.75, 3.05) is 5.32 Å². The lowest BCUT2D eigenvalue weighted by atomic mass is 9.93. The number of nitrogens with zero attached hydrogens (tertiary/aromatic N) is 1. The number of aliphatic carboxylic acids is 1. The van der Waals surface area contributed by atoms with E-state index in [1.165, 1.54) is 12.3 Å². The number of nitrogens with one attached hydrogen (secondary N) is 1. The number of carboxylic acid groups (broad SMARTS) is 1. The van der Waals surface area contributed by atoms with Gasteiger partial charge in [-0.1, -0.05) is 47.5 Å². The molecular weight excluding hydrogens is 576 g/mol. The number of hydrogen-bond acceptors (Lipinski definition) is 4. The molecular formula is C31H25Cl2F3N2O3. The molecule has 4 aromatic rings. The third-order valence-corrected chi connectivity index (χ3v) is 7.11. The number of carbonyl (C=O) groups is 2. The van der Waals surface area contributed by atoms with Crippen LogP contribution in [0.15, 0.2) is 72.9 Å².